The van der Waals surface area contributed by atoms with Gasteiger partial charge < -0.3 is 5.73 Å². The summed E-state index contributed by atoms with van der Waals surface area (Å²) < 4.78 is 0. The van der Waals surface area contributed by atoms with Crippen LogP contribution in [0.3, 0.4) is 0 Å². The number of Topliss-reactive ketones (excluding diaryl/α,β-unsaturated/α-hetero) is 2. The molecule has 1 atom stereocenters. The van der Waals surface area contributed by atoms with Crippen LogP contribution in [-0.2, 0) is 9.59 Å². The Labute approximate surface area is 73.3 Å². The molecule has 70 valence electrons. The maximum atomic E-state index is 11.3. The molecule has 0 aromatic heterocycles. The monoisotopic (exact) mass is 171 g/mol. The first-order valence-electron chi connectivity index (χ1n) is 4.04. The third-order valence-electron chi connectivity index (χ3n) is 1.76. The molecule has 3 nitrogen and oxygen atoms in total. The van der Waals surface area contributed by atoms with Crippen LogP contribution < -0.4 is 5.73 Å². The van der Waals surface area contributed by atoms with Gasteiger partial charge in [0.05, 0.1) is 6.04 Å². The summed E-state index contributed by atoms with van der Waals surface area (Å²) in [6.07, 6.45) is 0.152. The normalized spacial score (nSPS) is 14.1. The Morgan fingerprint density at radius 2 is 1.75 bits per heavy atom. The number of hydrogen-bond donors (Lipinski definition) is 1. The molecule has 0 saturated heterocycles. The molecule has 0 fully saturated rings. The number of rotatable bonds is 3. The first-order valence-corrected chi connectivity index (χ1v) is 4.04. The zero-order valence-electron chi connectivity index (χ0n) is 8.18. The molecule has 0 unspecified atom stereocenters. The highest BCUT2D eigenvalue weighted by Crippen LogP contribution is 2.17. The van der Waals surface area contributed by atoms with Crippen molar-refractivity contribution in [1.82, 2.24) is 0 Å². The summed E-state index contributed by atoms with van der Waals surface area (Å²) in [5.74, 6) is -0.0993. The molecule has 0 saturated carbocycles. The fraction of sp³-hybridized carbons (Fsp3) is 0.778. The van der Waals surface area contributed by atoms with Gasteiger partial charge in [0, 0.05) is 11.8 Å². The molecule has 0 spiro atoms. The highest BCUT2D eigenvalue weighted by molar-refractivity contribution is 5.91. The maximum absolute atomic E-state index is 11.3. The number of hydrogen-bond acceptors (Lipinski definition) is 3. The Balaban J connectivity index is 4.11. The first kappa shape index (κ1) is 11.3. The van der Waals surface area contributed by atoms with E-state index in [-0.39, 0.29) is 18.0 Å². The Bertz CT molecular complexity index is 191. The highest BCUT2D eigenvalue weighted by Gasteiger charge is 2.24. The Morgan fingerprint density at radius 3 is 2.00 bits per heavy atom. The zero-order valence-corrected chi connectivity index (χ0v) is 8.18. The van der Waals surface area contributed by atoms with Gasteiger partial charge in [-0.1, -0.05) is 20.8 Å². The number of ketones is 2. The quantitative estimate of drug-likeness (QED) is 0.686. The van der Waals surface area contributed by atoms with Gasteiger partial charge in [-0.15, -0.1) is 0 Å². The minimum atomic E-state index is -0.628. The molecule has 0 aromatic rings. The Hall–Kier alpha value is -0.700. The SMILES string of the molecule is CC(=O)[C@@H](N)CC(=O)C(C)(C)C. The topological polar surface area (TPSA) is 60.2 Å². The summed E-state index contributed by atoms with van der Waals surface area (Å²) in [4.78, 5) is 22.1. The van der Waals surface area contributed by atoms with Crippen LogP contribution in [0.25, 0.3) is 0 Å². The standard InChI is InChI=1S/C9H17NO2/c1-6(11)7(10)5-8(12)9(2,3)4/h7H,5,10H2,1-4H3/t7-/m0/s1. The zero-order chi connectivity index (χ0) is 9.94. The second-order valence-corrected chi connectivity index (χ2v) is 4.09. The molecule has 3 heteroatoms. The van der Waals surface area contributed by atoms with E-state index in [9.17, 15) is 9.59 Å². The van der Waals surface area contributed by atoms with Gasteiger partial charge in [0.1, 0.15) is 11.6 Å². The van der Waals surface area contributed by atoms with Gasteiger partial charge in [0.2, 0.25) is 0 Å². The van der Waals surface area contributed by atoms with Gasteiger partial charge in [-0.25, -0.2) is 0 Å². The summed E-state index contributed by atoms with van der Waals surface area (Å²) in [5, 5.41) is 0. The molecule has 0 rings (SSSR count). The largest absolute Gasteiger partial charge is 0.321 e. The molecule has 0 bridgehead atoms. The fourth-order valence-corrected chi connectivity index (χ4v) is 0.650. The van der Waals surface area contributed by atoms with Gasteiger partial charge in [0.25, 0.3) is 0 Å². The summed E-state index contributed by atoms with van der Waals surface area (Å²) in [6.45, 7) is 6.87. The van der Waals surface area contributed by atoms with Crippen molar-refractivity contribution in [3.05, 3.63) is 0 Å². The fourth-order valence-electron chi connectivity index (χ4n) is 0.650. The molecule has 0 heterocycles. The predicted molar refractivity (Wildman–Crippen MR) is 47.7 cm³/mol. The van der Waals surface area contributed by atoms with Crippen LogP contribution in [0.1, 0.15) is 34.1 Å². The van der Waals surface area contributed by atoms with E-state index in [4.69, 9.17) is 5.73 Å². The van der Waals surface area contributed by atoms with Crippen LogP contribution in [0.2, 0.25) is 0 Å². The van der Waals surface area contributed by atoms with Crippen molar-refractivity contribution < 1.29 is 9.59 Å². The lowest BCUT2D eigenvalue weighted by molar-refractivity contribution is -0.129. The van der Waals surface area contributed by atoms with E-state index >= 15 is 0 Å². The molecular weight excluding hydrogens is 154 g/mol. The van der Waals surface area contributed by atoms with Crippen molar-refractivity contribution in [3.8, 4) is 0 Å². The lowest BCUT2D eigenvalue weighted by Gasteiger charge is -2.18. The van der Waals surface area contributed by atoms with Crippen molar-refractivity contribution in [3.63, 3.8) is 0 Å². The van der Waals surface area contributed by atoms with Gasteiger partial charge >= 0.3 is 0 Å². The van der Waals surface area contributed by atoms with Crippen molar-refractivity contribution in [2.24, 2.45) is 11.1 Å². The second kappa shape index (κ2) is 3.81. The van der Waals surface area contributed by atoms with E-state index in [2.05, 4.69) is 0 Å². The van der Waals surface area contributed by atoms with Gasteiger partial charge in [0.15, 0.2) is 0 Å². The van der Waals surface area contributed by atoms with Crippen LogP contribution in [0, 0.1) is 5.41 Å². The van der Waals surface area contributed by atoms with Crippen LogP contribution in [-0.4, -0.2) is 17.6 Å². The average molecular weight is 171 g/mol. The summed E-state index contributed by atoms with van der Waals surface area (Å²) in [5.41, 5.74) is 5.05. The van der Waals surface area contributed by atoms with E-state index in [1.54, 1.807) is 0 Å². The molecular formula is C9H17NO2. The summed E-state index contributed by atoms with van der Waals surface area (Å²) in [7, 11) is 0. The van der Waals surface area contributed by atoms with Crippen molar-refractivity contribution in [1.29, 1.82) is 0 Å². The van der Waals surface area contributed by atoms with Crippen LogP contribution >= 0.6 is 0 Å². The number of carbonyl (C=O) groups excluding carboxylic acids is 2. The summed E-state index contributed by atoms with van der Waals surface area (Å²) >= 11 is 0. The minimum Gasteiger partial charge on any atom is -0.321 e. The van der Waals surface area contributed by atoms with Crippen molar-refractivity contribution >= 4 is 11.6 Å². The van der Waals surface area contributed by atoms with E-state index in [1.807, 2.05) is 20.8 Å². The molecule has 0 aliphatic rings. The lowest BCUT2D eigenvalue weighted by atomic mass is 9.87. The smallest absolute Gasteiger partial charge is 0.146 e. The van der Waals surface area contributed by atoms with Gasteiger partial charge in [-0.05, 0) is 6.92 Å². The van der Waals surface area contributed by atoms with E-state index in [0.717, 1.165) is 0 Å². The molecule has 0 aliphatic carbocycles. The van der Waals surface area contributed by atoms with Crippen LogP contribution in [0.5, 0.6) is 0 Å². The maximum Gasteiger partial charge on any atom is 0.146 e. The molecule has 0 aromatic carbocycles. The Kier molecular flexibility index (Phi) is 3.58. The Morgan fingerprint density at radius 1 is 1.33 bits per heavy atom. The highest BCUT2D eigenvalue weighted by atomic mass is 16.1. The average Bonchev–Trinajstić information content (AvgIpc) is 1.85. The van der Waals surface area contributed by atoms with Crippen LogP contribution in [0.15, 0.2) is 0 Å². The molecule has 0 aliphatic heterocycles. The van der Waals surface area contributed by atoms with Gasteiger partial charge in [-0.2, -0.15) is 0 Å². The number of carbonyl (C=O) groups is 2. The second-order valence-electron chi connectivity index (χ2n) is 4.09. The minimum absolute atomic E-state index is 0.0326. The molecule has 0 radical (unpaired) electrons. The van der Waals surface area contributed by atoms with E-state index in [0.29, 0.717) is 0 Å². The van der Waals surface area contributed by atoms with E-state index < -0.39 is 11.5 Å². The summed E-state index contributed by atoms with van der Waals surface area (Å²) in [6, 6.07) is -0.628. The molecule has 0 amide bonds. The third kappa shape index (κ3) is 3.62. The third-order valence-corrected chi connectivity index (χ3v) is 1.76. The molecule has 2 N–H and O–H groups in total. The van der Waals surface area contributed by atoms with E-state index in [1.165, 1.54) is 6.92 Å². The number of nitrogens with two attached hydrogens (primary N) is 1. The van der Waals surface area contributed by atoms with Crippen LogP contribution in [0.4, 0.5) is 0 Å². The first-order chi connectivity index (χ1) is 5.25. The van der Waals surface area contributed by atoms with Crippen molar-refractivity contribution in [2.45, 2.75) is 40.2 Å². The predicted octanol–water partition coefficient (Wildman–Crippen LogP) is 0.908. The van der Waals surface area contributed by atoms with Gasteiger partial charge in [-0.3, -0.25) is 9.59 Å². The van der Waals surface area contributed by atoms with Crippen molar-refractivity contribution in [2.75, 3.05) is 0 Å². The lowest BCUT2D eigenvalue weighted by Crippen LogP contribution is -2.34. The molecule has 12 heavy (non-hydrogen) atoms.